The second kappa shape index (κ2) is 8.42. The van der Waals surface area contributed by atoms with Crippen LogP contribution in [0.4, 0.5) is 24.9 Å². The maximum atomic E-state index is 12.7. The van der Waals surface area contributed by atoms with Crippen LogP contribution in [0.5, 0.6) is 5.75 Å². The largest absolute Gasteiger partial charge is 0.494 e. The molecule has 0 aliphatic rings. The second-order valence-corrected chi connectivity index (χ2v) is 5.41. The predicted octanol–water partition coefficient (Wildman–Crippen LogP) is 4.60. The van der Waals surface area contributed by atoms with Crippen molar-refractivity contribution in [3.63, 3.8) is 0 Å². The molecule has 0 spiro atoms. The second-order valence-electron chi connectivity index (χ2n) is 5.41. The lowest BCUT2D eigenvalue weighted by atomic mass is 10.2. The molecular weight excluding hydrogens is 379 g/mol. The minimum Gasteiger partial charge on any atom is -0.494 e. The topological polar surface area (TPSA) is 97.5 Å². The van der Waals surface area contributed by atoms with E-state index >= 15 is 0 Å². The highest BCUT2D eigenvalue weighted by Gasteiger charge is 2.30. The lowest BCUT2D eigenvalue weighted by molar-refractivity contribution is -0.0881. The Morgan fingerprint density at radius 3 is 2.61 bits per heavy atom. The van der Waals surface area contributed by atoms with Gasteiger partial charge < -0.3 is 19.6 Å². The Morgan fingerprint density at radius 2 is 2.04 bits per heavy atom. The van der Waals surface area contributed by atoms with E-state index in [0.29, 0.717) is 11.3 Å². The van der Waals surface area contributed by atoms with E-state index in [1.54, 1.807) is 6.92 Å². The number of carboxylic acid groups (broad SMARTS) is 1. The quantitative estimate of drug-likeness (QED) is 0.661. The van der Waals surface area contributed by atoms with Crippen molar-refractivity contribution in [2.75, 3.05) is 12.4 Å². The summed E-state index contributed by atoms with van der Waals surface area (Å²) in [7, 11) is 1.30. The van der Waals surface area contributed by atoms with Crippen LogP contribution in [0.15, 0.2) is 53.3 Å². The minimum atomic E-state index is -4.50. The van der Waals surface area contributed by atoms with Crippen LogP contribution in [0, 0.1) is 0 Å². The number of halogens is 3. The van der Waals surface area contributed by atoms with E-state index in [-0.39, 0.29) is 23.2 Å². The van der Waals surface area contributed by atoms with Gasteiger partial charge in [-0.3, -0.25) is 0 Å². The molecule has 2 aromatic heterocycles. The predicted molar refractivity (Wildman–Crippen MR) is 95.5 cm³/mol. The summed E-state index contributed by atoms with van der Waals surface area (Å²) in [6.45, 7) is 4.70. The number of hydrogen-bond donors (Lipinski definition) is 2. The average molecular weight is 395 g/mol. The number of alkyl halides is 3. The molecule has 0 bridgehead atoms. The molecule has 2 rings (SSSR count). The normalized spacial score (nSPS) is 12.6. The first-order valence-corrected chi connectivity index (χ1v) is 7.74. The zero-order valence-corrected chi connectivity index (χ0v) is 14.9. The highest BCUT2D eigenvalue weighted by molar-refractivity contribution is 5.89. The molecule has 7 nitrogen and oxygen atoms in total. The summed E-state index contributed by atoms with van der Waals surface area (Å²) in [5.74, 6) is -0.964. The van der Waals surface area contributed by atoms with E-state index in [1.165, 1.54) is 31.6 Å². The van der Waals surface area contributed by atoms with Gasteiger partial charge in [0.25, 0.3) is 6.01 Å². The van der Waals surface area contributed by atoms with Crippen LogP contribution in [-0.2, 0) is 0 Å². The van der Waals surface area contributed by atoms with Gasteiger partial charge in [0.15, 0.2) is 17.2 Å². The maximum absolute atomic E-state index is 12.7. The number of hydrogen-bond acceptors (Lipinski definition) is 6. The van der Waals surface area contributed by atoms with Crippen molar-refractivity contribution < 1.29 is 32.2 Å². The fourth-order valence-electron chi connectivity index (χ4n) is 2.04. The molecule has 10 heteroatoms. The van der Waals surface area contributed by atoms with Crippen LogP contribution >= 0.6 is 0 Å². The average Bonchev–Trinajstić information content (AvgIpc) is 3.09. The molecule has 0 atom stereocenters. The van der Waals surface area contributed by atoms with Crippen molar-refractivity contribution in [1.82, 2.24) is 9.97 Å². The van der Waals surface area contributed by atoms with Crippen LogP contribution < -0.4 is 10.1 Å². The number of rotatable bonds is 7. The van der Waals surface area contributed by atoms with Gasteiger partial charge in [0.2, 0.25) is 0 Å². The van der Waals surface area contributed by atoms with Gasteiger partial charge in [-0.25, -0.2) is 14.8 Å². The highest BCUT2D eigenvalue weighted by atomic mass is 19.4. The number of nitrogens with one attached hydrogen (secondary N) is 1. The number of carbonyl (C=O) groups is 1. The van der Waals surface area contributed by atoms with Crippen LogP contribution in [-0.4, -0.2) is 34.3 Å². The van der Waals surface area contributed by atoms with E-state index in [1.807, 2.05) is 0 Å². The summed E-state index contributed by atoms with van der Waals surface area (Å²) in [6, 6.07) is 1.43. The summed E-state index contributed by atoms with van der Waals surface area (Å²) in [5, 5.41) is 11.8. The van der Waals surface area contributed by atoms with E-state index in [2.05, 4.69) is 21.9 Å². The number of allylic oxidation sites excluding steroid dienone is 5. The molecule has 148 valence electrons. The zero-order valence-electron chi connectivity index (χ0n) is 14.9. The third kappa shape index (κ3) is 5.00. The molecule has 0 amide bonds. The zero-order chi connectivity index (χ0) is 20.9. The summed E-state index contributed by atoms with van der Waals surface area (Å²) in [5.41, 5.74) is -0.389. The SMILES string of the molecule is C=C/C(=C\C=C(/C)c1cnc(Nc2cnc(C(=O)O)c(OC)c2)o1)C(F)(F)F. The number of anilines is 2. The van der Waals surface area contributed by atoms with Gasteiger partial charge in [-0.05, 0) is 18.6 Å². The molecule has 0 saturated carbocycles. The van der Waals surface area contributed by atoms with Crippen molar-refractivity contribution in [2.24, 2.45) is 0 Å². The Labute approximate surface area is 157 Å². The lowest BCUT2D eigenvalue weighted by Crippen LogP contribution is -2.09. The molecule has 0 aliphatic heterocycles. The Kier molecular flexibility index (Phi) is 6.24. The molecule has 0 saturated heterocycles. The summed E-state index contributed by atoms with van der Waals surface area (Å²) in [4.78, 5) is 18.8. The van der Waals surface area contributed by atoms with E-state index in [0.717, 1.165) is 12.2 Å². The fraction of sp³-hybridized carbons (Fsp3) is 0.167. The molecular formula is C18H16F3N3O4. The first-order chi connectivity index (χ1) is 13.2. The van der Waals surface area contributed by atoms with Gasteiger partial charge in [-0.2, -0.15) is 13.2 Å². The summed E-state index contributed by atoms with van der Waals surface area (Å²) < 4.78 is 48.5. The number of aromatic nitrogens is 2. The van der Waals surface area contributed by atoms with Crippen LogP contribution in [0.1, 0.15) is 23.2 Å². The fourth-order valence-corrected chi connectivity index (χ4v) is 2.04. The van der Waals surface area contributed by atoms with Gasteiger partial charge in [0.1, 0.15) is 0 Å². The van der Waals surface area contributed by atoms with Gasteiger partial charge in [-0.1, -0.05) is 18.7 Å². The molecule has 0 aliphatic carbocycles. The molecule has 0 fully saturated rings. The monoisotopic (exact) mass is 395 g/mol. The summed E-state index contributed by atoms with van der Waals surface area (Å²) >= 11 is 0. The van der Waals surface area contributed by atoms with Gasteiger partial charge in [-0.15, -0.1) is 0 Å². The number of pyridine rings is 1. The molecule has 0 unspecified atom stereocenters. The number of oxazole rings is 1. The molecule has 2 heterocycles. The van der Waals surface area contributed by atoms with Crippen LogP contribution in [0.25, 0.3) is 5.57 Å². The Balaban J connectivity index is 2.20. The third-order valence-corrected chi connectivity index (χ3v) is 3.48. The number of nitrogens with zero attached hydrogens (tertiary/aromatic N) is 2. The number of methoxy groups -OCH3 is 1. The lowest BCUT2D eigenvalue weighted by Gasteiger charge is -2.07. The Bertz CT molecular complexity index is 946. The van der Waals surface area contributed by atoms with Crippen molar-refractivity contribution >= 4 is 23.2 Å². The van der Waals surface area contributed by atoms with Crippen molar-refractivity contribution in [3.8, 4) is 5.75 Å². The van der Waals surface area contributed by atoms with Crippen LogP contribution in [0.3, 0.4) is 0 Å². The minimum absolute atomic E-state index is 0.0367. The number of ether oxygens (including phenoxy) is 1. The standard InChI is InChI=1S/C18H16F3N3O4/c1-4-11(18(19,20)21)6-5-10(2)14-9-23-17(28-14)24-12-7-13(27-3)15(16(25)26)22-8-12/h4-9H,1H2,2-3H3,(H,23,24)(H,25,26)/b10-5+,11-6+. The van der Waals surface area contributed by atoms with Gasteiger partial charge in [0, 0.05) is 6.07 Å². The first-order valence-electron chi connectivity index (χ1n) is 7.74. The highest BCUT2D eigenvalue weighted by Crippen LogP contribution is 2.28. The summed E-state index contributed by atoms with van der Waals surface area (Å²) in [6.07, 6.45) is 0.929. The van der Waals surface area contributed by atoms with Crippen molar-refractivity contribution in [1.29, 1.82) is 0 Å². The molecule has 2 N–H and O–H groups in total. The van der Waals surface area contributed by atoms with Gasteiger partial charge >= 0.3 is 12.1 Å². The third-order valence-electron chi connectivity index (χ3n) is 3.48. The van der Waals surface area contributed by atoms with Gasteiger partial charge in [0.05, 0.1) is 30.8 Å². The molecule has 28 heavy (non-hydrogen) atoms. The van der Waals surface area contributed by atoms with Crippen molar-refractivity contribution in [3.05, 3.63) is 60.3 Å². The van der Waals surface area contributed by atoms with Crippen molar-refractivity contribution in [2.45, 2.75) is 13.1 Å². The van der Waals surface area contributed by atoms with E-state index in [9.17, 15) is 18.0 Å². The maximum Gasteiger partial charge on any atom is 0.416 e. The van der Waals surface area contributed by atoms with Crippen LogP contribution in [0.2, 0.25) is 0 Å². The molecule has 0 radical (unpaired) electrons. The van der Waals surface area contributed by atoms with E-state index in [4.69, 9.17) is 14.3 Å². The smallest absolute Gasteiger partial charge is 0.416 e. The Morgan fingerprint density at radius 1 is 1.32 bits per heavy atom. The molecule has 2 aromatic rings. The van der Waals surface area contributed by atoms with E-state index < -0.39 is 17.7 Å². The number of carboxylic acids is 1. The Hall–Kier alpha value is -3.56. The first kappa shape index (κ1) is 20.7. The molecule has 0 aromatic carbocycles. The number of aromatic carboxylic acids is 1.